The van der Waals surface area contributed by atoms with Crippen LogP contribution in [0.2, 0.25) is 0 Å². The first kappa shape index (κ1) is 9.81. The summed E-state index contributed by atoms with van der Waals surface area (Å²) in [6.07, 6.45) is 3.74. The van der Waals surface area contributed by atoms with Gasteiger partial charge in [-0.2, -0.15) is 0 Å². The van der Waals surface area contributed by atoms with E-state index in [9.17, 15) is 0 Å². The van der Waals surface area contributed by atoms with E-state index in [1.165, 1.54) is 0 Å². The number of halogens is 1. The van der Waals surface area contributed by atoms with Crippen molar-refractivity contribution in [2.24, 2.45) is 0 Å². The lowest BCUT2D eigenvalue weighted by Crippen LogP contribution is -2.05. The average Bonchev–Trinajstić information content (AvgIpc) is 2.75. The fourth-order valence-electron chi connectivity index (χ4n) is 1.76. The zero-order valence-corrected chi connectivity index (χ0v) is 9.94. The molecule has 0 aliphatic carbocycles. The van der Waals surface area contributed by atoms with Crippen molar-refractivity contribution in [1.29, 1.82) is 0 Å². The third-order valence-corrected chi connectivity index (χ3v) is 2.96. The molecule has 0 saturated carbocycles. The Morgan fingerprint density at radius 3 is 3.06 bits per heavy atom. The molecular weight excluding hydrogens is 268 g/mol. The molecule has 1 aliphatic rings. The van der Waals surface area contributed by atoms with Crippen LogP contribution in [-0.2, 0) is 4.84 Å². The second kappa shape index (κ2) is 3.88. The number of hydrogen-bond donors (Lipinski definition) is 1. The normalized spacial score (nSPS) is 19.6. The van der Waals surface area contributed by atoms with Gasteiger partial charge in [-0.25, -0.2) is 0 Å². The second-order valence-corrected chi connectivity index (χ2v) is 4.46. The third kappa shape index (κ3) is 1.70. The van der Waals surface area contributed by atoms with Gasteiger partial charge in [-0.05, 0) is 45.8 Å². The summed E-state index contributed by atoms with van der Waals surface area (Å²) in [6, 6.07) is 10.1. The topological polar surface area (TPSA) is 34.1 Å². The third-order valence-electron chi connectivity index (χ3n) is 2.54. The van der Waals surface area contributed by atoms with Gasteiger partial charge in [0.05, 0.1) is 5.52 Å². The van der Waals surface area contributed by atoms with Gasteiger partial charge in [0.15, 0.2) is 0 Å². The fourth-order valence-corrected chi connectivity index (χ4v) is 2.09. The highest BCUT2D eigenvalue weighted by Gasteiger charge is 2.16. The van der Waals surface area contributed by atoms with E-state index in [0.717, 1.165) is 21.1 Å². The maximum Gasteiger partial charge on any atom is 0.131 e. The summed E-state index contributed by atoms with van der Waals surface area (Å²) in [4.78, 5) is 9.67. The molecule has 16 heavy (non-hydrogen) atoms. The standard InChI is InChI=1S/C12H9BrN2O/c13-12-7-11(16-15-12)9-3-4-10-8(6-9)2-1-5-14-10/h1-7,11,15H. The van der Waals surface area contributed by atoms with Gasteiger partial charge in [-0.3, -0.25) is 15.3 Å². The van der Waals surface area contributed by atoms with Crippen LogP contribution in [0.3, 0.4) is 0 Å². The highest BCUT2D eigenvalue weighted by Crippen LogP contribution is 2.27. The fraction of sp³-hybridized carbons (Fsp3) is 0.0833. The number of benzene rings is 1. The minimum Gasteiger partial charge on any atom is -0.263 e. The number of fused-ring (bicyclic) bond motifs is 1. The molecular formula is C12H9BrN2O. The Hall–Kier alpha value is -1.39. The van der Waals surface area contributed by atoms with Gasteiger partial charge in [-0.15, -0.1) is 0 Å². The summed E-state index contributed by atoms with van der Waals surface area (Å²) in [6.45, 7) is 0. The molecule has 0 bridgehead atoms. The quantitative estimate of drug-likeness (QED) is 0.813. The summed E-state index contributed by atoms with van der Waals surface area (Å²) in [5, 5.41) is 1.13. The molecule has 3 rings (SSSR count). The van der Waals surface area contributed by atoms with Crippen LogP contribution in [-0.4, -0.2) is 4.98 Å². The van der Waals surface area contributed by atoms with Crippen molar-refractivity contribution in [3.05, 3.63) is 52.8 Å². The molecule has 1 aliphatic heterocycles. The Balaban J connectivity index is 2.05. The molecule has 1 atom stereocenters. The number of aromatic nitrogens is 1. The number of pyridine rings is 1. The lowest BCUT2D eigenvalue weighted by atomic mass is 10.1. The van der Waals surface area contributed by atoms with Gasteiger partial charge in [0.25, 0.3) is 0 Å². The van der Waals surface area contributed by atoms with Gasteiger partial charge in [0.1, 0.15) is 10.7 Å². The number of nitrogens with zero attached hydrogens (tertiary/aromatic N) is 1. The van der Waals surface area contributed by atoms with E-state index in [4.69, 9.17) is 4.84 Å². The molecule has 4 heteroatoms. The van der Waals surface area contributed by atoms with E-state index in [1.807, 2.05) is 30.3 Å². The van der Waals surface area contributed by atoms with E-state index in [2.05, 4.69) is 32.5 Å². The van der Waals surface area contributed by atoms with E-state index >= 15 is 0 Å². The Kier molecular flexibility index (Phi) is 2.38. The first-order valence-corrected chi connectivity index (χ1v) is 5.76. The maximum absolute atomic E-state index is 5.39. The first-order chi connectivity index (χ1) is 7.83. The predicted molar refractivity (Wildman–Crippen MR) is 65.7 cm³/mol. The lowest BCUT2D eigenvalue weighted by molar-refractivity contribution is 0.0458. The molecule has 1 aromatic heterocycles. The first-order valence-electron chi connectivity index (χ1n) is 4.96. The van der Waals surface area contributed by atoms with Crippen molar-refractivity contribution in [2.45, 2.75) is 6.10 Å². The average molecular weight is 277 g/mol. The van der Waals surface area contributed by atoms with Gasteiger partial charge in [-0.1, -0.05) is 12.1 Å². The van der Waals surface area contributed by atoms with Gasteiger partial charge >= 0.3 is 0 Å². The van der Waals surface area contributed by atoms with Crippen molar-refractivity contribution in [2.75, 3.05) is 0 Å². The number of nitrogens with one attached hydrogen (secondary N) is 1. The molecule has 0 saturated heterocycles. The van der Waals surface area contributed by atoms with E-state index in [0.29, 0.717) is 0 Å². The van der Waals surface area contributed by atoms with Gasteiger partial charge in [0, 0.05) is 11.6 Å². The number of hydrogen-bond acceptors (Lipinski definition) is 3. The molecule has 0 fully saturated rings. The highest BCUT2D eigenvalue weighted by molar-refractivity contribution is 9.11. The van der Waals surface area contributed by atoms with Gasteiger partial charge < -0.3 is 0 Å². The van der Waals surface area contributed by atoms with Crippen LogP contribution in [0.4, 0.5) is 0 Å². The molecule has 3 nitrogen and oxygen atoms in total. The molecule has 0 amide bonds. The van der Waals surface area contributed by atoms with Crippen LogP contribution in [0.5, 0.6) is 0 Å². The van der Waals surface area contributed by atoms with Crippen molar-refractivity contribution >= 4 is 26.8 Å². The zero-order chi connectivity index (χ0) is 11.0. The van der Waals surface area contributed by atoms with Gasteiger partial charge in [0.2, 0.25) is 0 Å². The van der Waals surface area contributed by atoms with Crippen molar-refractivity contribution in [1.82, 2.24) is 10.5 Å². The van der Waals surface area contributed by atoms with Crippen LogP contribution in [0.1, 0.15) is 11.7 Å². The zero-order valence-electron chi connectivity index (χ0n) is 8.35. The van der Waals surface area contributed by atoms with Crippen LogP contribution >= 0.6 is 15.9 Å². The summed E-state index contributed by atoms with van der Waals surface area (Å²) < 4.78 is 0.865. The number of rotatable bonds is 1. The molecule has 2 heterocycles. The van der Waals surface area contributed by atoms with Crippen LogP contribution in [0.25, 0.3) is 10.9 Å². The Morgan fingerprint density at radius 1 is 1.31 bits per heavy atom. The summed E-state index contributed by atoms with van der Waals surface area (Å²) >= 11 is 3.34. The molecule has 1 unspecified atom stereocenters. The second-order valence-electron chi connectivity index (χ2n) is 3.61. The van der Waals surface area contributed by atoms with Crippen molar-refractivity contribution < 1.29 is 4.84 Å². The molecule has 2 aromatic rings. The molecule has 0 radical (unpaired) electrons. The summed E-state index contributed by atoms with van der Waals surface area (Å²) in [7, 11) is 0. The maximum atomic E-state index is 5.39. The number of hydroxylamine groups is 1. The van der Waals surface area contributed by atoms with Crippen LogP contribution < -0.4 is 5.48 Å². The van der Waals surface area contributed by atoms with Crippen molar-refractivity contribution in [3.63, 3.8) is 0 Å². The largest absolute Gasteiger partial charge is 0.263 e. The monoisotopic (exact) mass is 276 g/mol. The smallest absolute Gasteiger partial charge is 0.131 e. The molecule has 0 spiro atoms. The summed E-state index contributed by atoms with van der Waals surface area (Å²) in [5.41, 5.74) is 4.89. The Bertz CT molecular complexity index is 568. The molecule has 1 N–H and O–H groups in total. The molecule has 1 aromatic carbocycles. The lowest BCUT2D eigenvalue weighted by Gasteiger charge is -2.08. The molecule has 80 valence electrons. The van der Waals surface area contributed by atoms with E-state index in [1.54, 1.807) is 6.20 Å². The minimum atomic E-state index is -0.0426. The van der Waals surface area contributed by atoms with E-state index < -0.39 is 0 Å². The SMILES string of the molecule is BrC1=CC(c2ccc3ncccc3c2)ON1. The van der Waals surface area contributed by atoms with Crippen LogP contribution in [0, 0.1) is 0 Å². The predicted octanol–water partition coefficient (Wildman–Crippen LogP) is 3.05. The minimum absolute atomic E-state index is 0.0426. The Labute approximate surface area is 101 Å². The van der Waals surface area contributed by atoms with Crippen LogP contribution in [0.15, 0.2) is 47.2 Å². The Morgan fingerprint density at radius 2 is 2.25 bits per heavy atom. The van der Waals surface area contributed by atoms with Crippen molar-refractivity contribution in [3.8, 4) is 0 Å². The summed E-state index contributed by atoms with van der Waals surface area (Å²) in [5.74, 6) is 0. The highest BCUT2D eigenvalue weighted by atomic mass is 79.9. The van der Waals surface area contributed by atoms with E-state index in [-0.39, 0.29) is 6.10 Å².